The topological polar surface area (TPSA) is 36.3 Å². The first-order chi connectivity index (χ1) is 23.0. The van der Waals surface area contributed by atoms with Crippen LogP contribution in [0.1, 0.15) is 47.6 Å². The second-order valence-corrected chi connectivity index (χ2v) is 13.2. The van der Waals surface area contributed by atoms with Crippen LogP contribution >= 0.6 is 0 Å². The molecule has 1 saturated carbocycles. The Morgan fingerprint density at radius 1 is 1.02 bits per heavy atom. The Morgan fingerprint density at radius 3 is 2.35 bits per heavy atom. The normalized spacial score (nSPS) is 21.7. The van der Waals surface area contributed by atoms with E-state index in [1.54, 1.807) is 28.9 Å². The highest BCUT2D eigenvalue weighted by atomic mass is 19.4. The van der Waals surface area contributed by atoms with E-state index in [1.807, 2.05) is 18.3 Å². The van der Waals surface area contributed by atoms with Crippen molar-refractivity contribution in [3.8, 4) is 23.5 Å². The van der Waals surface area contributed by atoms with E-state index in [-0.39, 0.29) is 17.0 Å². The molecule has 11 heteroatoms. The molecule has 1 spiro atoms. The largest absolute Gasteiger partial charge is 0.416 e. The highest BCUT2D eigenvalue weighted by Gasteiger charge is 2.54. The van der Waals surface area contributed by atoms with E-state index in [9.17, 15) is 17.6 Å². The summed E-state index contributed by atoms with van der Waals surface area (Å²) in [4.78, 5) is 3.84. The molecule has 0 amide bonds. The molecule has 7 rings (SSSR count). The summed E-state index contributed by atoms with van der Waals surface area (Å²) in [6.07, 6.45) is 7.81. The lowest BCUT2D eigenvalue weighted by atomic mass is 9.82. The van der Waals surface area contributed by atoms with Gasteiger partial charge in [0.2, 0.25) is 0 Å². The molecule has 3 atom stereocenters. The predicted octanol–water partition coefficient (Wildman–Crippen LogP) is 7.77. The summed E-state index contributed by atoms with van der Waals surface area (Å²) >= 11 is 0. The molecule has 1 aliphatic carbocycles. The van der Waals surface area contributed by atoms with Gasteiger partial charge in [0.15, 0.2) is 0 Å². The molecule has 2 fully saturated rings. The van der Waals surface area contributed by atoms with Gasteiger partial charge in [0.05, 0.1) is 36.1 Å². The number of anilines is 2. The lowest BCUT2D eigenvalue weighted by Gasteiger charge is -2.43. The first-order valence-corrected chi connectivity index (χ1v) is 16.1. The van der Waals surface area contributed by atoms with Gasteiger partial charge in [-0.25, -0.2) is 8.78 Å². The van der Waals surface area contributed by atoms with Crippen molar-refractivity contribution in [3.05, 3.63) is 101 Å². The maximum atomic E-state index is 16.4. The van der Waals surface area contributed by atoms with Gasteiger partial charge in [0.25, 0.3) is 0 Å². The lowest BCUT2D eigenvalue weighted by Crippen LogP contribution is -2.44. The van der Waals surface area contributed by atoms with Crippen LogP contribution in [0.25, 0.3) is 11.1 Å². The van der Waals surface area contributed by atoms with Crippen LogP contribution in [0.2, 0.25) is 0 Å². The predicted molar refractivity (Wildman–Crippen MR) is 173 cm³/mol. The number of hydrogen-bond acceptors (Lipinski definition) is 4. The zero-order chi connectivity index (χ0) is 33.8. The molecular formula is C37H35F6N5. The van der Waals surface area contributed by atoms with Crippen LogP contribution in [-0.4, -0.2) is 53.1 Å². The van der Waals surface area contributed by atoms with Gasteiger partial charge in [0.1, 0.15) is 11.6 Å². The zero-order valence-corrected chi connectivity index (χ0v) is 26.4. The van der Waals surface area contributed by atoms with Gasteiger partial charge in [-0.15, -0.1) is 6.42 Å². The number of alkyl halides is 4. The third kappa shape index (κ3) is 5.91. The van der Waals surface area contributed by atoms with Gasteiger partial charge in [-0.05, 0) is 72.4 Å². The molecule has 4 aromatic rings. The molecule has 1 aromatic heterocycles. The summed E-state index contributed by atoms with van der Waals surface area (Å²) in [6, 6.07) is 10.8. The van der Waals surface area contributed by atoms with E-state index < -0.39 is 42.1 Å². The highest BCUT2D eigenvalue weighted by Crippen LogP contribution is 2.54. The van der Waals surface area contributed by atoms with E-state index in [1.165, 1.54) is 24.3 Å². The first-order valence-electron chi connectivity index (χ1n) is 16.1. The van der Waals surface area contributed by atoms with Crippen molar-refractivity contribution < 1.29 is 26.3 Å². The maximum Gasteiger partial charge on any atom is 0.416 e. The van der Waals surface area contributed by atoms with Crippen LogP contribution in [0, 0.1) is 29.4 Å². The van der Waals surface area contributed by atoms with Crippen molar-refractivity contribution in [3.63, 3.8) is 0 Å². The fourth-order valence-corrected chi connectivity index (χ4v) is 7.54. The summed E-state index contributed by atoms with van der Waals surface area (Å²) < 4.78 is 87.8. The Morgan fingerprint density at radius 2 is 1.75 bits per heavy atom. The van der Waals surface area contributed by atoms with Crippen molar-refractivity contribution in [2.75, 3.05) is 36.5 Å². The second-order valence-electron chi connectivity index (χ2n) is 13.2. The number of hydrogen-bond donors (Lipinski definition) is 1. The van der Waals surface area contributed by atoms with E-state index in [0.29, 0.717) is 42.9 Å². The van der Waals surface area contributed by atoms with Crippen LogP contribution in [0.5, 0.6) is 0 Å². The van der Waals surface area contributed by atoms with E-state index in [4.69, 9.17) is 6.42 Å². The summed E-state index contributed by atoms with van der Waals surface area (Å²) in [5.74, 6) is 1.15. The number of nitrogens with zero attached hydrogens (tertiary/aromatic N) is 4. The molecule has 0 radical (unpaired) electrons. The minimum Gasteiger partial charge on any atom is -0.380 e. The number of halogens is 6. The van der Waals surface area contributed by atoms with E-state index in [2.05, 4.69) is 21.2 Å². The van der Waals surface area contributed by atoms with Gasteiger partial charge in [0, 0.05) is 67.7 Å². The zero-order valence-electron chi connectivity index (χ0n) is 26.4. The van der Waals surface area contributed by atoms with Crippen molar-refractivity contribution in [1.82, 2.24) is 14.7 Å². The molecule has 3 aliphatic rings. The smallest absolute Gasteiger partial charge is 0.380 e. The minimum absolute atomic E-state index is 0.00954. The van der Waals surface area contributed by atoms with Crippen molar-refractivity contribution in [2.24, 2.45) is 12.5 Å². The first kappa shape index (κ1) is 32.1. The highest BCUT2D eigenvalue weighted by molar-refractivity contribution is 5.67. The van der Waals surface area contributed by atoms with Crippen LogP contribution in [-0.2, 0) is 19.6 Å². The molecule has 5 nitrogen and oxygen atoms in total. The second kappa shape index (κ2) is 12.2. The molecule has 1 N–H and O–H groups in total. The Labute approximate surface area is 275 Å². The standard InChI is InChI=1S/C37H35F6N5/c1-3-28-16-24-15-23(25-19-44-46(2)20-25)5-10-30(24)35(48(28)29-8-6-26(7-9-29)37(41,42)43)34-31(39)17-27(18-32(34)40)45-33-21-47(14-4-13-38)22-36(33)11-12-36/h1,5-10,15,17-20,28,33,35,45H,4,11-14,16,21-22H2,2H3/t28-,33-,35+/m1/s1. The van der Waals surface area contributed by atoms with Gasteiger partial charge < -0.3 is 15.1 Å². The van der Waals surface area contributed by atoms with Crippen molar-refractivity contribution >= 4 is 11.4 Å². The lowest BCUT2D eigenvalue weighted by molar-refractivity contribution is -0.137. The third-order valence-corrected chi connectivity index (χ3v) is 10.1. The van der Waals surface area contributed by atoms with Crippen LogP contribution in [0.3, 0.4) is 0 Å². The summed E-state index contributed by atoms with van der Waals surface area (Å²) in [7, 11) is 1.80. The molecule has 3 heterocycles. The number of nitrogens with one attached hydrogen (secondary N) is 1. The van der Waals surface area contributed by atoms with Gasteiger partial charge >= 0.3 is 6.18 Å². The van der Waals surface area contributed by atoms with Crippen LogP contribution in [0.15, 0.2) is 67.0 Å². The fraction of sp³-hybridized carbons (Fsp3) is 0.378. The Kier molecular flexibility index (Phi) is 8.18. The molecule has 3 aromatic carbocycles. The number of terminal acetylenes is 1. The van der Waals surface area contributed by atoms with Crippen LogP contribution < -0.4 is 10.2 Å². The van der Waals surface area contributed by atoms with E-state index in [0.717, 1.165) is 48.2 Å². The summed E-state index contributed by atoms with van der Waals surface area (Å²) in [5, 5.41) is 7.61. The Balaban J connectivity index is 1.29. The summed E-state index contributed by atoms with van der Waals surface area (Å²) in [6.45, 7) is 1.73. The molecule has 0 unspecified atom stereocenters. The van der Waals surface area contributed by atoms with Crippen molar-refractivity contribution in [2.45, 2.75) is 50.0 Å². The third-order valence-electron chi connectivity index (χ3n) is 10.1. The van der Waals surface area contributed by atoms with E-state index >= 15 is 8.78 Å². The summed E-state index contributed by atoms with van der Waals surface area (Å²) in [5.41, 5.74) is 2.64. The van der Waals surface area contributed by atoms with Crippen molar-refractivity contribution in [1.29, 1.82) is 0 Å². The van der Waals surface area contributed by atoms with Gasteiger partial charge in [-0.2, -0.15) is 18.3 Å². The Hall–Kier alpha value is -4.43. The SMILES string of the molecule is C#C[C@@H]1Cc2cc(-c3cnn(C)c3)ccc2[C@@H](c2c(F)cc(N[C@@H]3CN(CCCF)CC34CC4)cc2F)N1c1ccc(C(F)(F)F)cc1. The molecule has 250 valence electrons. The molecular weight excluding hydrogens is 628 g/mol. The number of aryl methyl sites for hydroxylation is 1. The average molecular weight is 664 g/mol. The number of fused-ring (bicyclic) bond motifs is 1. The Bertz CT molecular complexity index is 1830. The molecule has 2 aliphatic heterocycles. The molecule has 1 saturated heterocycles. The monoisotopic (exact) mass is 663 g/mol. The van der Waals surface area contributed by atoms with Crippen LogP contribution in [0.4, 0.5) is 37.7 Å². The molecule has 0 bridgehead atoms. The van der Waals surface area contributed by atoms with Gasteiger partial charge in [-0.1, -0.05) is 24.1 Å². The number of aromatic nitrogens is 2. The molecule has 48 heavy (non-hydrogen) atoms. The minimum atomic E-state index is -4.55. The average Bonchev–Trinajstić information content (AvgIpc) is 3.57. The number of rotatable bonds is 8. The van der Waals surface area contributed by atoms with Gasteiger partial charge in [-0.3, -0.25) is 9.07 Å². The number of likely N-dealkylation sites (tertiary alicyclic amines) is 1. The fourth-order valence-electron chi connectivity index (χ4n) is 7.54. The maximum absolute atomic E-state index is 16.4. The quantitative estimate of drug-likeness (QED) is 0.154. The number of benzene rings is 3.